The number of hydrogen-bond acceptors (Lipinski definition) is 6. The molecule has 10 heteroatoms. The lowest BCUT2D eigenvalue weighted by molar-refractivity contribution is 0.0724. The summed E-state index contributed by atoms with van der Waals surface area (Å²) in [4.78, 5) is 15.1. The molecule has 0 aliphatic carbocycles. The van der Waals surface area contributed by atoms with E-state index in [9.17, 15) is 13.2 Å². The van der Waals surface area contributed by atoms with Gasteiger partial charge < -0.3 is 15.4 Å². The Morgan fingerprint density at radius 3 is 2.68 bits per heavy atom. The minimum Gasteiger partial charge on any atom is -0.379 e. The summed E-state index contributed by atoms with van der Waals surface area (Å²) < 4.78 is 32.4. The normalized spacial score (nSPS) is 25.0. The SMILES string of the molecule is CC1CC(CN)CN1C(=O)c1sccc1S(=O)(=O)N1CCOCC1.Cl. The van der Waals surface area contributed by atoms with E-state index in [-0.39, 0.29) is 35.2 Å². The first-order valence-electron chi connectivity index (χ1n) is 8.11. The smallest absolute Gasteiger partial charge is 0.265 e. The van der Waals surface area contributed by atoms with Crippen LogP contribution in [0.15, 0.2) is 16.3 Å². The third kappa shape index (κ3) is 4.01. The Hall–Kier alpha value is -0.710. The number of amides is 1. The number of likely N-dealkylation sites (tertiary alicyclic amines) is 1. The van der Waals surface area contributed by atoms with E-state index < -0.39 is 10.0 Å². The largest absolute Gasteiger partial charge is 0.379 e. The van der Waals surface area contributed by atoms with Crippen molar-refractivity contribution in [1.82, 2.24) is 9.21 Å². The molecule has 142 valence electrons. The Morgan fingerprint density at radius 1 is 1.40 bits per heavy atom. The number of hydrogen-bond donors (Lipinski definition) is 1. The quantitative estimate of drug-likeness (QED) is 0.800. The van der Waals surface area contributed by atoms with Gasteiger partial charge in [-0.05, 0) is 37.3 Å². The zero-order valence-electron chi connectivity index (χ0n) is 14.1. The van der Waals surface area contributed by atoms with Gasteiger partial charge in [0.1, 0.15) is 9.77 Å². The van der Waals surface area contributed by atoms with Gasteiger partial charge in [0.25, 0.3) is 5.91 Å². The molecule has 7 nitrogen and oxygen atoms in total. The molecule has 2 atom stereocenters. The lowest BCUT2D eigenvalue weighted by Crippen LogP contribution is -2.41. The topological polar surface area (TPSA) is 92.9 Å². The van der Waals surface area contributed by atoms with Crippen molar-refractivity contribution in [1.29, 1.82) is 0 Å². The number of nitrogens with two attached hydrogens (primary N) is 1. The van der Waals surface area contributed by atoms with Gasteiger partial charge in [0.2, 0.25) is 10.0 Å². The second-order valence-corrected chi connectivity index (χ2v) is 9.10. The Bertz CT molecular complexity index is 703. The van der Waals surface area contributed by atoms with Crippen LogP contribution in [0.5, 0.6) is 0 Å². The molecule has 0 aromatic carbocycles. The minimum atomic E-state index is -3.67. The highest BCUT2D eigenvalue weighted by atomic mass is 35.5. The van der Waals surface area contributed by atoms with Crippen LogP contribution in [0.25, 0.3) is 0 Å². The number of morpholine rings is 1. The van der Waals surface area contributed by atoms with Crippen LogP contribution >= 0.6 is 23.7 Å². The zero-order valence-corrected chi connectivity index (χ0v) is 16.5. The molecule has 2 aliphatic heterocycles. The first-order valence-corrected chi connectivity index (χ1v) is 10.4. The van der Waals surface area contributed by atoms with E-state index in [1.165, 1.54) is 21.7 Å². The summed E-state index contributed by atoms with van der Waals surface area (Å²) in [6.07, 6.45) is 0.860. The Balaban J connectivity index is 0.00000225. The molecule has 2 aliphatic rings. The van der Waals surface area contributed by atoms with Crippen molar-refractivity contribution in [3.63, 3.8) is 0 Å². The van der Waals surface area contributed by atoms with Crippen molar-refractivity contribution >= 4 is 39.7 Å². The second-order valence-electron chi connectivity index (χ2n) is 6.27. The predicted octanol–water partition coefficient (Wildman–Crippen LogP) is 1.00. The van der Waals surface area contributed by atoms with Gasteiger partial charge in [0.15, 0.2) is 0 Å². The Morgan fingerprint density at radius 2 is 2.08 bits per heavy atom. The van der Waals surface area contributed by atoms with Crippen LogP contribution in [0.3, 0.4) is 0 Å². The number of nitrogens with zero attached hydrogens (tertiary/aromatic N) is 2. The average molecular weight is 410 g/mol. The highest BCUT2D eigenvalue weighted by molar-refractivity contribution is 7.89. The van der Waals surface area contributed by atoms with E-state index in [1.807, 2.05) is 6.92 Å². The van der Waals surface area contributed by atoms with E-state index in [0.29, 0.717) is 44.3 Å². The number of ether oxygens (including phenoxy) is 1. The lowest BCUT2D eigenvalue weighted by Gasteiger charge is -2.27. The van der Waals surface area contributed by atoms with Gasteiger partial charge in [0.05, 0.1) is 13.2 Å². The summed E-state index contributed by atoms with van der Waals surface area (Å²) >= 11 is 1.19. The van der Waals surface area contributed by atoms with Crippen LogP contribution in [0.1, 0.15) is 23.0 Å². The summed E-state index contributed by atoms with van der Waals surface area (Å²) in [6, 6.07) is 1.61. The summed E-state index contributed by atoms with van der Waals surface area (Å²) in [5.41, 5.74) is 5.72. The molecule has 1 aromatic rings. The van der Waals surface area contributed by atoms with Gasteiger partial charge in [-0.15, -0.1) is 23.7 Å². The summed E-state index contributed by atoms with van der Waals surface area (Å²) in [7, 11) is -3.67. The molecule has 2 unspecified atom stereocenters. The van der Waals surface area contributed by atoms with Gasteiger partial charge in [-0.2, -0.15) is 4.31 Å². The average Bonchev–Trinajstić information content (AvgIpc) is 3.22. The standard InChI is InChI=1S/C15H23N3O4S2.ClH/c1-11-8-12(9-16)10-18(11)15(19)14-13(2-7-23-14)24(20,21)17-3-5-22-6-4-17;/h2,7,11-12H,3-6,8-10,16H2,1H3;1H. The van der Waals surface area contributed by atoms with Gasteiger partial charge in [-0.1, -0.05) is 0 Å². The fourth-order valence-corrected chi connectivity index (χ4v) is 6.07. The molecule has 3 heterocycles. The van der Waals surface area contributed by atoms with Crippen molar-refractivity contribution in [3.05, 3.63) is 16.3 Å². The second kappa shape index (κ2) is 8.32. The van der Waals surface area contributed by atoms with Crippen LogP contribution < -0.4 is 5.73 Å². The van der Waals surface area contributed by atoms with E-state index in [4.69, 9.17) is 10.5 Å². The van der Waals surface area contributed by atoms with Crippen LogP contribution in [-0.2, 0) is 14.8 Å². The van der Waals surface area contributed by atoms with Gasteiger partial charge in [0, 0.05) is 25.7 Å². The molecule has 0 radical (unpaired) electrons. The van der Waals surface area contributed by atoms with Crippen LogP contribution in [0.2, 0.25) is 0 Å². The van der Waals surface area contributed by atoms with Crippen molar-refractivity contribution in [2.45, 2.75) is 24.3 Å². The Kier molecular flexibility index (Phi) is 6.86. The molecule has 2 fully saturated rings. The number of rotatable bonds is 4. The fourth-order valence-electron chi connectivity index (χ4n) is 3.31. The zero-order chi connectivity index (χ0) is 17.3. The molecule has 2 saturated heterocycles. The van der Waals surface area contributed by atoms with Crippen molar-refractivity contribution in [3.8, 4) is 0 Å². The highest BCUT2D eigenvalue weighted by Gasteiger charge is 2.37. The van der Waals surface area contributed by atoms with Gasteiger partial charge in [-0.3, -0.25) is 4.79 Å². The molecule has 25 heavy (non-hydrogen) atoms. The fraction of sp³-hybridized carbons (Fsp3) is 0.667. The van der Waals surface area contributed by atoms with Crippen molar-refractivity contribution in [2.75, 3.05) is 39.4 Å². The first-order chi connectivity index (χ1) is 11.4. The van der Waals surface area contributed by atoms with Crippen LogP contribution in [0.4, 0.5) is 0 Å². The van der Waals surface area contributed by atoms with E-state index in [1.54, 1.807) is 10.3 Å². The van der Waals surface area contributed by atoms with Crippen LogP contribution in [-0.4, -0.2) is 69.0 Å². The van der Waals surface area contributed by atoms with Gasteiger partial charge in [-0.25, -0.2) is 8.42 Å². The molecular formula is C15H24ClN3O4S2. The van der Waals surface area contributed by atoms with E-state index in [0.717, 1.165) is 6.42 Å². The summed E-state index contributed by atoms with van der Waals surface area (Å²) in [5, 5.41) is 1.67. The number of halogens is 1. The monoisotopic (exact) mass is 409 g/mol. The number of carbonyl (C=O) groups is 1. The van der Waals surface area contributed by atoms with Crippen LogP contribution in [0, 0.1) is 5.92 Å². The van der Waals surface area contributed by atoms with Crippen molar-refractivity contribution in [2.24, 2.45) is 11.7 Å². The maximum atomic E-state index is 12.9. The molecule has 0 bridgehead atoms. The summed E-state index contributed by atoms with van der Waals surface area (Å²) in [6.45, 7) is 4.52. The molecule has 0 saturated carbocycles. The highest BCUT2D eigenvalue weighted by Crippen LogP contribution is 2.30. The predicted molar refractivity (Wildman–Crippen MR) is 98.8 cm³/mol. The number of thiophene rings is 1. The Labute approximate surface area is 158 Å². The number of carbonyl (C=O) groups excluding carboxylic acids is 1. The van der Waals surface area contributed by atoms with Gasteiger partial charge >= 0.3 is 0 Å². The molecule has 1 aromatic heterocycles. The minimum absolute atomic E-state index is 0. The lowest BCUT2D eigenvalue weighted by atomic mass is 10.1. The molecule has 0 spiro atoms. The molecular weight excluding hydrogens is 386 g/mol. The summed E-state index contributed by atoms with van der Waals surface area (Å²) in [5.74, 6) is 0.0727. The molecule has 3 rings (SSSR count). The maximum absolute atomic E-state index is 12.9. The first kappa shape index (κ1) is 20.6. The third-order valence-corrected chi connectivity index (χ3v) is 7.64. The third-order valence-electron chi connectivity index (χ3n) is 4.67. The van der Waals surface area contributed by atoms with Crippen molar-refractivity contribution < 1.29 is 17.9 Å². The maximum Gasteiger partial charge on any atom is 0.265 e. The van der Waals surface area contributed by atoms with E-state index >= 15 is 0 Å². The molecule has 2 N–H and O–H groups in total. The molecule has 1 amide bonds. The number of sulfonamides is 1. The van der Waals surface area contributed by atoms with E-state index in [2.05, 4.69) is 0 Å².